The largest absolute Gasteiger partial charge is 0.372 e. The normalized spacial score (nSPS) is 14.1. The summed E-state index contributed by atoms with van der Waals surface area (Å²) in [5.74, 6) is -0.233. The number of anilines is 1. The van der Waals surface area contributed by atoms with Crippen LogP contribution in [0.4, 0.5) is 11.4 Å². The highest BCUT2D eigenvalue weighted by Gasteiger charge is 2.14. The van der Waals surface area contributed by atoms with E-state index >= 15 is 0 Å². The van der Waals surface area contributed by atoms with Gasteiger partial charge in [0.2, 0.25) is 0 Å². The van der Waals surface area contributed by atoms with E-state index < -0.39 is 4.92 Å². The fraction of sp³-hybridized carbons (Fsp3) is 0.350. The number of aryl methyl sites for hydroxylation is 1. The molecule has 6 nitrogen and oxygen atoms in total. The van der Waals surface area contributed by atoms with Gasteiger partial charge in [-0.1, -0.05) is 12.1 Å². The molecule has 1 fully saturated rings. The van der Waals surface area contributed by atoms with Crippen molar-refractivity contribution in [2.24, 2.45) is 0 Å². The molecule has 0 aromatic heterocycles. The van der Waals surface area contributed by atoms with Crippen molar-refractivity contribution < 1.29 is 9.72 Å². The fourth-order valence-corrected chi connectivity index (χ4v) is 3.26. The first-order valence-electron chi connectivity index (χ1n) is 8.92. The van der Waals surface area contributed by atoms with Crippen LogP contribution in [0, 0.1) is 17.0 Å². The zero-order valence-corrected chi connectivity index (χ0v) is 14.9. The Kier molecular flexibility index (Phi) is 5.51. The Hall–Kier alpha value is -2.89. The molecule has 2 aromatic carbocycles. The van der Waals surface area contributed by atoms with Crippen LogP contribution in [0.2, 0.25) is 0 Å². The molecule has 0 atom stereocenters. The molecular formula is C20H23N3O3. The van der Waals surface area contributed by atoms with Crippen LogP contribution >= 0.6 is 0 Å². The van der Waals surface area contributed by atoms with Gasteiger partial charge in [0, 0.05) is 42.5 Å². The molecule has 2 aromatic rings. The highest BCUT2D eigenvalue weighted by atomic mass is 16.6. The number of amides is 1. The monoisotopic (exact) mass is 353 g/mol. The standard InChI is InChI=1S/C20H23N3O3/c1-15-13-17(7-10-19(15)23(25)26)20(24)21-14-16-5-8-18(9-6-16)22-11-3-2-4-12-22/h5-10,13H,2-4,11-12,14H2,1H3,(H,21,24). The minimum Gasteiger partial charge on any atom is -0.372 e. The van der Waals surface area contributed by atoms with Gasteiger partial charge in [0.25, 0.3) is 11.6 Å². The third-order valence-corrected chi connectivity index (χ3v) is 4.77. The van der Waals surface area contributed by atoms with E-state index in [0.717, 1.165) is 18.7 Å². The van der Waals surface area contributed by atoms with Gasteiger partial charge in [-0.05, 0) is 56.0 Å². The topological polar surface area (TPSA) is 75.5 Å². The van der Waals surface area contributed by atoms with Gasteiger partial charge in [-0.15, -0.1) is 0 Å². The molecule has 3 rings (SSSR count). The molecule has 1 aliphatic rings. The molecule has 26 heavy (non-hydrogen) atoms. The van der Waals surface area contributed by atoms with E-state index in [2.05, 4.69) is 22.3 Å². The highest BCUT2D eigenvalue weighted by Crippen LogP contribution is 2.21. The summed E-state index contributed by atoms with van der Waals surface area (Å²) < 4.78 is 0. The maximum atomic E-state index is 12.3. The summed E-state index contributed by atoms with van der Waals surface area (Å²) in [5, 5.41) is 13.7. The molecule has 0 aliphatic carbocycles. The molecule has 0 radical (unpaired) electrons. The SMILES string of the molecule is Cc1cc(C(=O)NCc2ccc(N3CCCCC3)cc2)ccc1[N+](=O)[O-]. The van der Waals surface area contributed by atoms with Crippen molar-refractivity contribution >= 4 is 17.3 Å². The lowest BCUT2D eigenvalue weighted by molar-refractivity contribution is -0.385. The first-order valence-corrected chi connectivity index (χ1v) is 8.92. The van der Waals surface area contributed by atoms with Gasteiger partial charge in [0.15, 0.2) is 0 Å². The van der Waals surface area contributed by atoms with Gasteiger partial charge < -0.3 is 10.2 Å². The summed E-state index contributed by atoms with van der Waals surface area (Å²) in [4.78, 5) is 25.1. The van der Waals surface area contributed by atoms with Crippen molar-refractivity contribution in [1.82, 2.24) is 5.32 Å². The second kappa shape index (κ2) is 7.99. The second-order valence-electron chi connectivity index (χ2n) is 6.66. The number of rotatable bonds is 5. The molecule has 0 bridgehead atoms. The summed E-state index contributed by atoms with van der Waals surface area (Å²) >= 11 is 0. The van der Waals surface area contributed by atoms with Crippen LogP contribution in [0.3, 0.4) is 0 Å². The lowest BCUT2D eigenvalue weighted by Crippen LogP contribution is -2.29. The third-order valence-electron chi connectivity index (χ3n) is 4.77. The van der Waals surface area contributed by atoms with Crippen molar-refractivity contribution in [2.75, 3.05) is 18.0 Å². The Bertz CT molecular complexity index is 796. The van der Waals surface area contributed by atoms with Crippen molar-refractivity contribution in [1.29, 1.82) is 0 Å². The summed E-state index contributed by atoms with van der Waals surface area (Å²) in [6.45, 7) is 4.27. The van der Waals surface area contributed by atoms with E-state index in [4.69, 9.17) is 0 Å². The van der Waals surface area contributed by atoms with Gasteiger partial charge in [0.05, 0.1) is 4.92 Å². The Morgan fingerprint density at radius 3 is 2.42 bits per heavy atom. The number of hydrogen-bond acceptors (Lipinski definition) is 4. The molecule has 1 amide bonds. The average molecular weight is 353 g/mol. The van der Waals surface area contributed by atoms with E-state index in [1.54, 1.807) is 13.0 Å². The maximum absolute atomic E-state index is 12.3. The lowest BCUT2D eigenvalue weighted by atomic mass is 10.1. The van der Waals surface area contributed by atoms with E-state index in [9.17, 15) is 14.9 Å². The zero-order valence-electron chi connectivity index (χ0n) is 14.9. The van der Waals surface area contributed by atoms with Crippen molar-refractivity contribution in [2.45, 2.75) is 32.7 Å². The number of nitro groups is 1. The molecular weight excluding hydrogens is 330 g/mol. The fourth-order valence-electron chi connectivity index (χ4n) is 3.26. The number of carbonyl (C=O) groups is 1. The summed E-state index contributed by atoms with van der Waals surface area (Å²) in [5.41, 5.74) is 3.19. The number of piperidine rings is 1. The van der Waals surface area contributed by atoms with Crippen LogP contribution in [-0.2, 0) is 6.54 Å². The molecule has 1 heterocycles. The van der Waals surface area contributed by atoms with Gasteiger partial charge in [-0.2, -0.15) is 0 Å². The highest BCUT2D eigenvalue weighted by molar-refractivity contribution is 5.94. The number of nitrogens with zero attached hydrogens (tertiary/aromatic N) is 2. The molecule has 0 unspecified atom stereocenters. The Balaban J connectivity index is 1.59. The Morgan fingerprint density at radius 1 is 1.12 bits per heavy atom. The predicted molar refractivity (Wildman–Crippen MR) is 102 cm³/mol. The van der Waals surface area contributed by atoms with E-state index in [1.165, 1.54) is 37.1 Å². The number of carbonyl (C=O) groups excluding carboxylic acids is 1. The van der Waals surface area contributed by atoms with Gasteiger partial charge in [-0.3, -0.25) is 14.9 Å². The van der Waals surface area contributed by atoms with Crippen LogP contribution in [0.15, 0.2) is 42.5 Å². The van der Waals surface area contributed by atoms with Crippen molar-refractivity contribution in [3.8, 4) is 0 Å². The molecule has 1 saturated heterocycles. The molecule has 136 valence electrons. The van der Waals surface area contributed by atoms with Gasteiger partial charge in [0.1, 0.15) is 0 Å². The van der Waals surface area contributed by atoms with Crippen LogP contribution in [0.5, 0.6) is 0 Å². The number of nitrogens with one attached hydrogen (secondary N) is 1. The number of nitro benzene ring substituents is 1. The smallest absolute Gasteiger partial charge is 0.272 e. The zero-order chi connectivity index (χ0) is 18.5. The molecule has 0 spiro atoms. The van der Waals surface area contributed by atoms with E-state index in [1.807, 2.05) is 12.1 Å². The second-order valence-corrected chi connectivity index (χ2v) is 6.66. The first-order chi connectivity index (χ1) is 12.5. The van der Waals surface area contributed by atoms with Gasteiger partial charge in [-0.25, -0.2) is 0 Å². The summed E-state index contributed by atoms with van der Waals surface area (Å²) in [7, 11) is 0. The van der Waals surface area contributed by atoms with Crippen LogP contribution < -0.4 is 10.2 Å². The number of benzene rings is 2. The molecule has 1 N–H and O–H groups in total. The first kappa shape index (κ1) is 17.9. The predicted octanol–water partition coefficient (Wildman–Crippen LogP) is 3.82. The van der Waals surface area contributed by atoms with Crippen LogP contribution in [0.1, 0.15) is 40.7 Å². The lowest BCUT2D eigenvalue weighted by Gasteiger charge is -2.28. The minimum absolute atomic E-state index is 0.0230. The van der Waals surface area contributed by atoms with E-state index in [-0.39, 0.29) is 11.6 Å². The van der Waals surface area contributed by atoms with Crippen molar-refractivity contribution in [3.63, 3.8) is 0 Å². The maximum Gasteiger partial charge on any atom is 0.272 e. The minimum atomic E-state index is -0.444. The Morgan fingerprint density at radius 2 is 1.81 bits per heavy atom. The molecule has 0 saturated carbocycles. The summed E-state index contributed by atoms with van der Waals surface area (Å²) in [6, 6.07) is 12.7. The quantitative estimate of drug-likeness (QED) is 0.655. The van der Waals surface area contributed by atoms with Crippen molar-refractivity contribution in [3.05, 3.63) is 69.3 Å². The average Bonchev–Trinajstić information content (AvgIpc) is 2.67. The Labute approximate surface area is 153 Å². The van der Waals surface area contributed by atoms with E-state index in [0.29, 0.717) is 17.7 Å². The molecule has 1 aliphatic heterocycles. The van der Waals surface area contributed by atoms with Gasteiger partial charge >= 0.3 is 0 Å². The van der Waals surface area contributed by atoms with Crippen LogP contribution in [0.25, 0.3) is 0 Å². The number of hydrogen-bond donors (Lipinski definition) is 1. The third kappa shape index (κ3) is 4.20. The molecule has 6 heteroatoms. The summed E-state index contributed by atoms with van der Waals surface area (Å²) in [6.07, 6.45) is 3.79. The van der Waals surface area contributed by atoms with Crippen LogP contribution in [-0.4, -0.2) is 23.9 Å².